The first-order valence-corrected chi connectivity index (χ1v) is 6.96. The van der Waals surface area contributed by atoms with Crippen LogP contribution in [0, 0.1) is 0 Å². The predicted molar refractivity (Wildman–Crippen MR) is 67.3 cm³/mol. The second-order valence-corrected chi connectivity index (χ2v) is 5.25. The smallest absolute Gasteiger partial charge is 0.251 e. The number of carbonyl (C=O) groups is 1. The molecule has 2 rings (SSSR count). The van der Waals surface area contributed by atoms with Crippen molar-refractivity contribution < 1.29 is 9.53 Å². The predicted octanol–water partition coefficient (Wildman–Crippen LogP) is 0.937. The van der Waals surface area contributed by atoms with E-state index in [4.69, 9.17) is 16.3 Å². The Morgan fingerprint density at radius 3 is 2.53 bits per heavy atom. The van der Waals surface area contributed by atoms with Gasteiger partial charge >= 0.3 is 0 Å². The third-order valence-corrected chi connectivity index (χ3v) is 3.76. The minimum Gasteiger partial charge on any atom is -0.365 e. The van der Waals surface area contributed by atoms with Crippen molar-refractivity contribution in [2.24, 2.45) is 0 Å². The molecule has 17 heavy (non-hydrogen) atoms. The summed E-state index contributed by atoms with van der Waals surface area (Å²) in [5.41, 5.74) is 0. The van der Waals surface area contributed by atoms with Crippen molar-refractivity contribution in [3.63, 3.8) is 0 Å². The lowest BCUT2D eigenvalue weighted by Gasteiger charge is -2.35. The molecule has 2 atom stereocenters. The van der Waals surface area contributed by atoms with Gasteiger partial charge < -0.3 is 9.64 Å². The maximum atomic E-state index is 12.2. The van der Waals surface area contributed by atoms with Gasteiger partial charge in [-0.2, -0.15) is 0 Å². The summed E-state index contributed by atoms with van der Waals surface area (Å²) in [5, 5.41) is 0. The quantitative estimate of drug-likeness (QED) is 0.708. The standard InChI is InChI=1S/C12H21ClN2O2/c1-10-2-3-11(17-10)12(16)15-8-6-14(5-4-13)7-9-15/h10-11H,2-9H2,1H3. The summed E-state index contributed by atoms with van der Waals surface area (Å²) < 4.78 is 5.62. The van der Waals surface area contributed by atoms with Gasteiger partial charge in [0.15, 0.2) is 0 Å². The molecule has 2 unspecified atom stereocenters. The van der Waals surface area contributed by atoms with E-state index < -0.39 is 0 Å². The average Bonchev–Trinajstić information content (AvgIpc) is 2.76. The van der Waals surface area contributed by atoms with Crippen LogP contribution in [0.25, 0.3) is 0 Å². The van der Waals surface area contributed by atoms with Crippen LogP contribution in [0.5, 0.6) is 0 Å². The van der Waals surface area contributed by atoms with E-state index in [1.54, 1.807) is 0 Å². The first-order valence-electron chi connectivity index (χ1n) is 6.43. The number of piperazine rings is 1. The van der Waals surface area contributed by atoms with Gasteiger partial charge in [-0.1, -0.05) is 0 Å². The van der Waals surface area contributed by atoms with Crippen LogP contribution in [0.4, 0.5) is 0 Å². The number of ether oxygens (including phenoxy) is 1. The Morgan fingerprint density at radius 2 is 2.00 bits per heavy atom. The minimum atomic E-state index is -0.190. The third-order valence-electron chi connectivity index (χ3n) is 3.59. The fourth-order valence-electron chi connectivity index (χ4n) is 2.50. The summed E-state index contributed by atoms with van der Waals surface area (Å²) in [7, 11) is 0. The van der Waals surface area contributed by atoms with Gasteiger partial charge in [0.25, 0.3) is 5.91 Å². The highest BCUT2D eigenvalue weighted by Gasteiger charge is 2.32. The second kappa shape index (κ2) is 6.03. The van der Waals surface area contributed by atoms with Gasteiger partial charge in [-0.15, -0.1) is 11.6 Å². The van der Waals surface area contributed by atoms with Crippen molar-refractivity contribution in [2.75, 3.05) is 38.6 Å². The van der Waals surface area contributed by atoms with Crippen molar-refractivity contribution in [2.45, 2.75) is 32.0 Å². The SMILES string of the molecule is CC1CCC(C(=O)N2CCN(CCCl)CC2)O1. The average molecular weight is 261 g/mol. The summed E-state index contributed by atoms with van der Waals surface area (Å²) >= 11 is 5.71. The van der Waals surface area contributed by atoms with Gasteiger partial charge in [-0.3, -0.25) is 9.69 Å². The monoisotopic (exact) mass is 260 g/mol. The van der Waals surface area contributed by atoms with Gasteiger partial charge in [0, 0.05) is 38.6 Å². The summed E-state index contributed by atoms with van der Waals surface area (Å²) in [4.78, 5) is 16.4. The summed E-state index contributed by atoms with van der Waals surface area (Å²) in [6, 6.07) is 0. The molecule has 2 fully saturated rings. The lowest BCUT2D eigenvalue weighted by atomic mass is 10.2. The second-order valence-electron chi connectivity index (χ2n) is 4.87. The Balaban J connectivity index is 1.78. The molecule has 0 radical (unpaired) electrons. The zero-order valence-electron chi connectivity index (χ0n) is 10.4. The summed E-state index contributed by atoms with van der Waals surface area (Å²) in [5.74, 6) is 0.844. The first-order chi connectivity index (χ1) is 8.20. The highest BCUT2D eigenvalue weighted by Crippen LogP contribution is 2.21. The van der Waals surface area contributed by atoms with E-state index in [2.05, 4.69) is 4.90 Å². The lowest BCUT2D eigenvalue weighted by Crippen LogP contribution is -2.51. The van der Waals surface area contributed by atoms with E-state index in [-0.39, 0.29) is 18.1 Å². The van der Waals surface area contributed by atoms with Gasteiger partial charge in [0.2, 0.25) is 0 Å². The molecule has 5 heteroatoms. The van der Waals surface area contributed by atoms with Crippen molar-refractivity contribution in [1.82, 2.24) is 9.80 Å². The molecule has 0 saturated carbocycles. The Kier molecular flexibility index (Phi) is 4.65. The number of carbonyl (C=O) groups excluding carboxylic acids is 1. The van der Waals surface area contributed by atoms with Crippen molar-refractivity contribution >= 4 is 17.5 Å². The van der Waals surface area contributed by atoms with E-state index in [1.165, 1.54) is 0 Å². The van der Waals surface area contributed by atoms with Crippen LogP contribution in [0.15, 0.2) is 0 Å². The summed E-state index contributed by atoms with van der Waals surface area (Å²) in [6.45, 7) is 6.43. The molecule has 0 bridgehead atoms. The zero-order valence-corrected chi connectivity index (χ0v) is 11.2. The van der Waals surface area contributed by atoms with Crippen LogP contribution in [0.1, 0.15) is 19.8 Å². The topological polar surface area (TPSA) is 32.8 Å². The molecule has 0 aromatic rings. The molecule has 0 aromatic carbocycles. The Bertz CT molecular complexity index is 267. The van der Waals surface area contributed by atoms with Crippen LogP contribution in [-0.4, -0.2) is 66.5 Å². The van der Waals surface area contributed by atoms with Crippen molar-refractivity contribution in [3.05, 3.63) is 0 Å². The molecule has 2 aliphatic rings. The zero-order chi connectivity index (χ0) is 12.3. The molecular formula is C12H21ClN2O2. The molecule has 98 valence electrons. The normalized spacial score (nSPS) is 30.8. The molecule has 0 N–H and O–H groups in total. The van der Waals surface area contributed by atoms with Gasteiger partial charge in [-0.05, 0) is 19.8 Å². The lowest BCUT2D eigenvalue weighted by molar-refractivity contribution is -0.144. The van der Waals surface area contributed by atoms with Gasteiger partial charge in [0.1, 0.15) is 6.10 Å². The Morgan fingerprint density at radius 1 is 1.29 bits per heavy atom. The van der Waals surface area contributed by atoms with Crippen LogP contribution >= 0.6 is 11.6 Å². The number of amides is 1. The van der Waals surface area contributed by atoms with E-state index in [9.17, 15) is 4.79 Å². The van der Waals surface area contributed by atoms with Crippen LogP contribution < -0.4 is 0 Å². The molecule has 0 spiro atoms. The van der Waals surface area contributed by atoms with Crippen LogP contribution in [0.2, 0.25) is 0 Å². The minimum absolute atomic E-state index is 0.180. The fourth-order valence-corrected chi connectivity index (χ4v) is 2.74. The number of hydrogen-bond donors (Lipinski definition) is 0. The Hall–Kier alpha value is -0.320. The van der Waals surface area contributed by atoms with Gasteiger partial charge in [-0.25, -0.2) is 0 Å². The highest BCUT2D eigenvalue weighted by molar-refractivity contribution is 6.18. The Labute approximate surface area is 108 Å². The molecule has 2 saturated heterocycles. The number of rotatable bonds is 3. The molecule has 0 aromatic heterocycles. The van der Waals surface area contributed by atoms with Crippen molar-refractivity contribution in [3.8, 4) is 0 Å². The fraction of sp³-hybridized carbons (Fsp3) is 0.917. The number of alkyl halides is 1. The van der Waals surface area contributed by atoms with E-state index in [0.717, 1.165) is 45.6 Å². The largest absolute Gasteiger partial charge is 0.365 e. The molecule has 0 aliphatic carbocycles. The van der Waals surface area contributed by atoms with E-state index in [1.807, 2.05) is 11.8 Å². The van der Waals surface area contributed by atoms with Crippen LogP contribution in [-0.2, 0) is 9.53 Å². The molecule has 2 heterocycles. The van der Waals surface area contributed by atoms with Crippen molar-refractivity contribution in [1.29, 1.82) is 0 Å². The number of halogens is 1. The molecular weight excluding hydrogens is 240 g/mol. The maximum absolute atomic E-state index is 12.2. The maximum Gasteiger partial charge on any atom is 0.251 e. The van der Waals surface area contributed by atoms with Crippen LogP contribution in [0.3, 0.4) is 0 Å². The molecule has 2 aliphatic heterocycles. The third kappa shape index (κ3) is 3.33. The first kappa shape index (κ1) is 13.1. The highest BCUT2D eigenvalue weighted by atomic mass is 35.5. The molecule has 4 nitrogen and oxygen atoms in total. The number of hydrogen-bond acceptors (Lipinski definition) is 3. The number of nitrogens with zero attached hydrogens (tertiary/aromatic N) is 2. The van der Waals surface area contributed by atoms with E-state index >= 15 is 0 Å². The molecule has 1 amide bonds. The summed E-state index contributed by atoms with van der Waals surface area (Å²) in [6.07, 6.45) is 1.93. The van der Waals surface area contributed by atoms with Gasteiger partial charge in [0.05, 0.1) is 6.10 Å². The van der Waals surface area contributed by atoms with E-state index in [0.29, 0.717) is 5.88 Å².